The molecule has 1 aliphatic heterocycles. The van der Waals surface area contributed by atoms with Crippen molar-refractivity contribution in [3.63, 3.8) is 0 Å². The van der Waals surface area contributed by atoms with Crippen LogP contribution in [0, 0.1) is 5.92 Å². The minimum atomic E-state index is -0.125. The maximum absolute atomic E-state index is 12.2. The van der Waals surface area contributed by atoms with Crippen molar-refractivity contribution in [3.05, 3.63) is 0 Å². The van der Waals surface area contributed by atoms with E-state index in [2.05, 4.69) is 0 Å². The van der Waals surface area contributed by atoms with Crippen LogP contribution in [0.1, 0.15) is 38.5 Å². The molecule has 0 aromatic heterocycles. The van der Waals surface area contributed by atoms with Gasteiger partial charge in [-0.3, -0.25) is 4.79 Å². The van der Waals surface area contributed by atoms with Gasteiger partial charge in [-0.2, -0.15) is 0 Å². The molecule has 1 atom stereocenters. The summed E-state index contributed by atoms with van der Waals surface area (Å²) in [5, 5.41) is 9.24. The fraction of sp³-hybridized carbons (Fsp3) is 0.923. The van der Waals surface area contributed by atoms with Gasteiger partial charge in [-0.1, -0.05) is 19.3 Å². The van der Waals surface area contributed by atoms with E-state index in [1.807, 2.05) is 4.90 Å². The SMILES string of the molecule is O=C(CC1CCCCC1)N1CCOC[C@@H]1CO. The van der Waals surface area contributed by atoms with Gasteiger partial charge in [-0.25, -0.2) is 0 Å². The van der Waals surface area contributed by atoms with E-state index in [0.717, 1.165) is 0 Å². The molecule has 1 N–H and O–H groups in total. The molecule has 0 unspecified atom stereocenters. The number of aliphatic hydroxyl groups excluding tert-OH is 1. The van der Waals surface area contributed by atoms with Gasteiger partial charge in [-0.15, -0.1) is 0 Å². The van der Waals surface area contributed by atoms with Crippen molar-refractivity contribution in [2.24, 2.45) is 5.92 Å². The van der Waals surface area contributed by atoms with Gasteiger partial charge in [-0.05, 0) is 18.8 Å². The van der Waals surface area contributed by atoms with Crippen molar-refractivity contribution < 1.29 is 14.6 Å². The highest BCUT2D eigenvalue weighted by molar-refractivity contribution is 5.77. The summed E-state index contributed by atoms with van der Waals surface area (Å²) in [5.41, 5.74) is 0. The topological polar surface area (TPSA) is 49.8 Å². The summed E-state index contributed by atoms with van der Waals surface area (Å²) < 4.78 is 5.29. The van der Waals surface area contributed by atoms with E-state index in [9.17, 15) is 9.90 Å². The van der Waals surface area contributed by atoms with Crippen molar-refractivity contribution in [1.29, 1.82) is 0 Å². The van der Waals surface area contributed by atoms with Crippen LogP contribution < -0.4 is 0 Å². The number of aliphatic hydroxyl groups is 1. The molecular weight excluding hydrogens is 218 g/mol. The van der Waals surface area contributed by atoms with Crippen LogP contribution in [0.15, 0.2) is 0 Å². The lowest BCUT2D eigenvalue weighted by atomic mass is 9.86. The van der Waals surface area contributed by atoms with E-state index in [1.165, 1.54) is 32.1 Å². The predicted molar refractivity (Wildman–Crippen MR) is 64.6 cm³/mol. The second-order valence-corrected chi connectivity index (χ2v) is 5.21. The number of carbonyl (C=O) groups is 1. The van der Waals surface area contributed by atoms with Gasteiger partial charge < -0.3 is 14.7 Å². The minimum absolute atomic E-state index is 0.0103. The van der Waals surface area contributed by atoms with Gasteiger partial charge >= 0.3 is 0 Å². The Kier molecular flexibility index (Phi) is 4.80. The van der Waals surface area contributed by atoms with E-state index in [-0.39, 0.29) is 18.6 Å². The Morgan fingerprint density at radius 1 is 1.29 bits per heavy atom. The highest BCUT2D eigenvalue weighted by Crippen LogP contribution is 2.27. The zero-order valence-electron chi connectivity index (χ0n) is 10.4. The first-order valence-corrected chi connectivity index (χ1v) is 6.79. The number of hydrogen-bond donors (Lipinski definition) is 1. The molecule has 2 aliphatic rings. The molecule has 2 fully saturated rings. The number of rotatable bonds is 3. The first-order valence-electron chi connectivity index (χ1n) is 6.79. The van der Waals surface area contributed by atoms with E-state index in [4.69, 9.17) is 4.74 Å². The van der Waals surface area contributed by atoms with Crippen molar-refractivity contribution >= 4 is 5.91 Å². The molecule has 0 aromatic carbocycles. The summed E-state index contributed by atoms with van der Waals surface area (Å²) in [6, 6.07) is -0.125. The van der Waals surface area contributed by atoms with Gasteiger partial charge in [0.1, 0.15) is 0 Å². The van der Waals surface area contributed by atoms with E-state index < -0.39 is 0 Å². The molecule has 98 valence electrons. The summed E-state index contributed by atoms with van der Waals surface area (Å²) in [6.07, 6.45) is 6.91. The standard InChI is InChI=1S/C13H23NO3/c15-9-12-10-17-7-6-14(12)13(16)8-11-4-2-1-3-5-11/h11-12,15H,1-10H2/t12-/m0/s1. The number of nitrogens with zero attached hydrogens (tertiary/aromatic N) is 1. The lowest BCUT2D eigenvalue weighted by Gasteiger charge is -2.35. The van der Waals surface area contributed by atoms with Gasteiger partial charge in [0.2, 0.25) is 5.91 Å². The Morgan fingerprint density at radius 3 is 2.76 bits per heavy atom. The summed E-state index contributed by atoms with van der Waals surface area (Å²) in [4.78, 5) is 14.0. The van der Waals surface area contributed by atoms with Crippen molar-refractivity contribution in [2.45, 2.75) is 44.6 Å². The van der Waals surface area contributed by atoms with Gasteiger partial charge in [0.25, 0.3) is 0 Å². The van der Waals surface area contributed by atoms with E-state index in [0.29, 0.717) is 32.1 Å². The van der Waals surface area contributed by atoms with Crippen LogP contribution in [-0.4, -0.2) is 48.3 Å². The summed E-state index contributed by atoms with van der Waals surface area (Å²) >= 11 is 0. The summed E-state index contributed by atoms with van der Waals surface area (Å²) in [7, 11) is 0. The second-order valence-electron chi connectivity index (χ2n) is 5.21. The first-order chi connectivity index (χ1) is 8.31. The summed E-state index contributed by atoms with van der Waals surface area (Å²) in [5.74, 6) is 0.776. The third-order valence-corrected chi connectivity index (χ3v) is 3.95. The molecular formula is C13H23NO3. The normalized spacial score (nSPS) is 27.1. The molecule has 1 heterocycles. The van der Waals surface area contributed by atoms with Crippen LogP contribution in [-0.2, 0) is 9.53 Å². The average molecular weight is 241 g/mol. The Labute approximate surface area is 103 Å². The van der Waals surface area contributed by atoms with Crippen LogP contribution in [0.25, 0.3) is 0 Å². The third kappa shape index (κ3) is 3.42. The Hall–Kier alpha value is -0.610. The molecule has 1 aliphatic carbocycles. The fourth-order valence-electron chi connectivity index (χ4n) is 2.89. The molecule has 0 aromatic rings. The number of carbonyl (C=O) groups excluding carboxylic acids is 1. The van der Waals surface area contributed by atoms with Crippen LogP contribution in [0.4, 0.5) is 0 Å². The molecule has 17 heavy (non-hydrogen) atoms. The average Bonchev–Trinajstić information content (AvgIpc) is 2.40. The highest BCUT2D eigenvalue weighted by Gasteiger charge is 2.28. The molecule has 2 rings (SSSR count). The largest absolute Gasteiger partial charge is 0.394 e. The van der Waals surface area contributed by atoms with E-state index in [1.54, 1.807) is 0 Å². The van der Waals surface area contributed by atoms with Crippen molar-refractivity contribution in [2.75, 3.05) is 26.4 Å². The second kappa shape index (κ2) is 6.36. The van der Waals surface area contributed by atoms with Crippen LogP contribution in [0.3, 0.4) is 0 Å². The molecule has 1 amide bonds. The lowest BCUT2D eigenvalue weighted by Crippen LogP contribution is -2.50. The van der Waals surface area contributed by atoms with Crippen LogP contribution in [0.5, 0.6) is 0 Å². The Bertz CT molecular complexity index is 251. The van der Waals surface area contributed by atoms with Gasteiger partial charge in [0, 0.05) is 13.0 Å². The zero-order valence-corrected chi connectivity index (χ0v) is 10.4. The van der Waals surface area contributed by atoms with Gasteiger partial charge in [0.15, 0.2) is 0 Å². The quantitative estimate of drug-likeness (QED) is 0.807. The molecule has 0 bridgehead atoms. The minimum Gasteiger partial charge on any atom is -0.394 e. The first kappa shape index (κ1) is 12.8. The fourth-order valence-corrected chi connectivity index (χ4v) is 2.89. The van der Waals surface area contributed by atoms with Crippen LogP contribution in [0.2, 0.25) is 0 Å². The van der Waals surface area contributed by atoms with Crippen LogP contribution >= 0.6 is 0 Å². The number of morpholine rings is 1. The molecule has 4 nitrogen and oxygen atoms in total. The number of ether oxygens (including phenoxy) is 1. The molecule has 1 saturated carbocycles. The van der Waals surface area contributed by atoms with Crippen molar-refractivity contribution in [3.8, 4) is 0 Å². The Balaban J connectivity index is 1.84. The third-order valence-electron chi connectivity index (χ3n) is 3.95. The number of hydrogen-bond acceptors (Lipinski definition) is 3. The monoisotopic (exact) mass is 241 g/mol. The van der Waals surface area contributed by atoms with Crippen molar-refractivity contribution in [1.82, 2.24) is 4.90 Å². The maximum atomic E-state index is 12.2. The molecule has 0 radical (unpaired) electrons. The Morgan fingerprint density at radius 2 is 2.06 bits per heavy atom. The molecule has 1 saturated heterocycles. The zero-order chi connectivity index (χ0) is 12.1. The highest BCUT2D eigenvalue weighted by atomic mass is 16.5. The maximum Gasteiger partial charge on any atom is 0.223 e. The predicted octanol–water partition coefficient (Wildman–Crippen LogP) is 1.18. The smallest absolute Gasteiger partial charge is 0.223 e. The van der Waals surface area contributed by atoms with E-state index >= 15 is 0 Å². The van der Waals surface area contributed by atoms with Gasteiger partial charge in [0.05, 0.1) is 25.9 Å². The lowest BCUT2D eigenvalue weighted by molar-refractivity contribution is -0.142. The summed E-state index contributed by atoms with van der Waals surface area (Å²) in [6.45, 7) is 1.73. The molecule has 4 heteroatoms. The number of amides is 1. The molecule has 0 spiro atoms.